The minimum atomic E-state index is -0.628. The molecule has 8 nitrogen and oxygen atoms in total. The van der Waals surface area contributed by atoms with Gasteiger partial charge in [-0.25, -0.2) is 4.79 Å². The van der Waals surface area contributed by atoms with Gasteiger partial charge < -0.3 is 28.7 Å². The first-order valence-corrected chi connectivity index (χ1v) is 13.7. The Morgan fingerprint density at radius 2 is 1.95 bits per heavy atom. The van der Waals surface area contributed by atoms with Gasteiger partial charge in [0.2, 0.25) is 0 Å². The molecule has 0 bridgehead atoms. The Morgan fingerprint density at radius 3 is 2.62 bits per heavy atom. The Kier molecular flexibility index (Phi) is 7.84. The number of furan rings is 1. The quantitative estimate of drug-likeness (QED) is 0.445. The lowest BCUT2D eigenvalue weighted by molar-refractivity contribution is -0.142. The summed E-state index contributed by atoms with van der Waals surface area (Å²) in [5, 5.41) is 3.39. The van der Waals surface area contributed by atoms with E-state index in [1.807, 2.05) is 58.0 Å². The summed E-state index contributed by atoms with van der Waals surface area (Å²) in [4.78, 5) is 27.2. The van der Waals surface area contributed by atoms with Gasteiger partial charge in [0.15, 0.2) is 17.3 Å². The zero-order valence-electron chi connectivity index (χ0n) is 23.3. The number of hydrogen-bond acceptors (Lipinski definition) is 8. The summed E-state index contributed by atoms with van der Waals surface area (Å²) in [7, 11) is 1.62. The molecular weight excluding hydrogens is 498 g/mol. The summed E-state index contributed by atoms with van der Waals surface area (Å²) in [6, 6.07) is 9.54. The van der Waals surface area contributed by atoms with Crippen molar-refractivity contribution in [3.8, 4) is 11.5 Å². The summed E-state index contributed by atoms with van der Waals surface area (Å²) >= 11 is 0. The lowest BCUT2D eigenvalue weighted by Crippen LogP contribution is -2.36. The van der Waals surface area contributed by atoms with Crippen LogP contribution in [0, 0.1) is 6.92 Å². The van der Waals surface area contributed by atoms with Crippen molar-refractivity contribution in [2.75, 3.05) is 20.3 Å². The highest BCUT2D eigenvalue weighted by Crippen LogP contribution is 2.47. The van der Waals surface area contributed by atoms with Crippen LogP contribution >= 0.6 is 0 Å². The molecule has 0 radical (unpaired) electrons. The molecule has 0 amide bonds. The van der Waals surface area contributed by atoms with E-state index >= 15 is 0 Å². The average Bonchev–Trinajstić information content (AvgIpc) is 3.58. The third kappa shape index (κ3) is 5.62. The van der Waals surface area contributed by atoms with Gasteiger partial charge >= 0.3 is 5.97 Å². The van der Waals surface area contributed by atoms with E-state index in [4.69, 9.17) is 23.4 Å². The molecular formula is C31H37NO7. The highest BCUT2D eigenvalue weighted by molar-refractivity contribution is 6.04. The number of dihydropyridines is 1. The fourth-order valence-electron chi connectivity index (χ4n) is 5.75. The first-order valence-electron chi connectivity index (χ1n) is 13.7. The fraction of sp³-hybridized carbons (Fsp3) is 0.484. The Balaban J connectivity index is 1.45. The molecule has 1 fully saturated rings. The van der Waals surface area contributed by atoms with Gasteiger partial charge in [-0.3, -0.25) is 4.79 Å². The van der Waals surface area contributed by atoms with Crippen LogP contribution in [0.4, 0.5) is 0 Å². The fourth-order valence-corrected chi connectivity index (χ4v) is 5.75. The summed E-state index contributed by atoms with van der Waals surface area (Å²) in [5.74, 6) is 1.43. The highest BCUT2D eigenvalue weighted by atomic mass is 16.6. The number of carbonyl (C=O) groups is 2. The molecule has 1 aliphatic carbocycles. The number of esters is 1. The van der Waals surface area contributed by atoms with Crippen molar-refractivity contribution in [2.45, 2.75) is 77.4 Å². The summed E-state index contributed by atoms with van der Waals surface area (Å²) in [6.07, 6.45) is 2.68. The van der Waals surface area contributed by atoms with Crippen LogP contribution in [0.3, 0.4) is 0 Å². The Morgan fingerprint density at radius 1 is 1.13 bits per heavy atom. The van der Waals surface area contributed by atoms with Gasteiger partial charge in [-0.1, -0.05) is 6.07 Å². The molecule has 0 saturated carbocycles. The van der Waals surface area contributed by atoms with Crippen LogP contribution in [0.1, 0.15) is 75.4 Å². The molecule has 2 aromatic rings. The van der Waals surface area contributed by atoms with Gasteiger partial charge in [0.05, 0.1) is 30.8 Å². The van der Waals surface area contributed by atoms with Gasteiger partial charge in [-0.05, 0) is 82.7 Å². The summed E-state index contributed by atoms with van der Waals surface area (Å²) < 4.78 is 28.8. The number of Topliss-reactive ketones (excluding diaryl/α,β-unsaturated/α-hetero) is 1. The molecule has 5 rings (SSSR count). The van der Waals surface area contributed by atoms with E-state index in [-0.39, 0.29) is 30.5 Å². The number of carbonyl (C=O) groups excluding carboxylic acids is 2. The third-order valence-electron chi connectivity index (χ3n) is 7.54. The molecule has 2 aliphatic heterocycles. The Bertz CT molecular complexity index is 1310. The third-order valence-corrected chi connectivity index (χ3v) is 7.54. The first-order chi connectivity index (χ1) is 18.7. The standard InChI is InChI=1S/C31H37NO7/c1-17(2)38-25-11-9-20(15-27(25)35-5)21-13-23-29(24(33)14-21)30(26-10-8-18(3)39-26)28(19(4)32-23)31(34)37-16-22-7-6-12-36-22/h8-11,15,17,21-22,30,32H,6-7,12-14,16H2,1-5H3/t21-,22-,30+/m1/s1. The maximum absolute atomic E-state index is 13.8. The van der Waals surface area contributed by atoms with Gasteiger partial charge in [-0.2, -0.15) is 0 Å². The average molecular weight is 536 g/mol. The van der Waals surface area contributed by atoms with Gasteiger partial charge in [0.1, 0.15) is 18.1 Å². The van der Waals surface area contributed by atoms with Crippen LogP contribution in [-0.4, -0.2) is 44.3 Å². The number of aryl methyl sites for hydroxylation is 1. The Hall–Kier alpha value is -3.52. The van der Waals surface area contributed by atoms with E-state index in [1.54, 1.807) is 7.11 Å². The number of methoxy groups -OCH3 is 1. The van der Waals surface area contributed by atoms with E-state index in [0.717, 1.165) is 24.1 Å². The highest BCUT2D eigenvalue weighted by Gasteiger charge is 2.43. The number of ketones is 1. The molecule has 8 heteroatoms. The molecule has 3 aliphatic rings. The van der Waals surface area contributed by atoms with Gasteiger partial charge in [0.25, 0.3) is 0 Å². The van der Waals surface area contributed by atoms with Crippen LogP contribution in [0.2, 0.25) is 0 Å². The SMILES string of the molecule is COc1cc([C@H]2CC(=O)C3=C(C2)NC(C)=C(C(=O)OC[C@H]2CCCO2)[C@@H]3c2ccc(C)o2)ccc1OC(C)C. The van der Waals surface area contributed by atoms with E-state index in [2.05, 4.69) is 5.32 Å². The molecule has 3 heterocycles. The number of nitrogens with one attached hydrogen (secondary N) is 1. The second-order valence-electron chi connectivity index (χ2n) is 10.8. The van der Waals surface area contributed by atoms with Crippen LogP contribution in [0.15, 0.2) is 57.3 Å². The number of hydrogen-bond donors (Lipinski definition) is 1. The maximum atomic E-state index is 13.8. The van der Waals surface area contributed by atoms with Crippen molar-refractivity contribution in [3.63, 3.8) is 0 Å². The number of benzene rings is 1. The number of rotatable bonds is 8. The Labute approximate surface area is 229 Å². The number of ether oxygens (including phenoxy) is 4. The van der Waals surface area contributed by atoms with Crippen molar-refractivity contribution < 1.29 is 33.0 Å². The van der Waals surface area contributed by atoms with Crippen LogP contribution < -0.4 is 14.8 Å². The molecule has 1 N–H and O–H groups in total. The van der Waals surface area contributed by atoms with Crippen molar-refractivity contribution in [1.82, 2.24) is 5.32 Å². The van der Waals surface area contributed by atoms with E-state index in [9.17, 15) is 9.59 Å². The van der Waals surface area contributed by atoms with Gasteiger partial charge in [-0.15, -0.1) is 0 Å². The molecule has 0 spiro atoms. The predicted molar refractivity (Wildman–Crippen MR) is 145 cm³/mol. The minimum Gasteiger partial charge on any atom is -0.493 e. The lowest BCUT2D eigenvalue weighted by Gasteiger charge is -2.36. The lowest BCUT2D eigenvalue weighted by atomic mass is 9.73. The van der Waals surface area contributed by atoms with Crippen molar-refractivity contribution >= 4 is 11.8 Å². The second kappa shape index (κ2) is 11.3. The van der Waals surface area contributed by atoms with Gasteiger partial charge in [0, 0.05) is 30.0 Å². The topological polar surface area (TPSA) is 96.2 Å². The number of allylic oxidation sites excluding steroid dienone is 3. The normalized spacial score (nSPS) is 23.1. The monoisotopic (exact) mass is 535 g/mol. The molecule has 208 valence electrons. The smallest absolute Gasteiger partial charge is 0.336 e. The zero-order chi connectivity index (χ0) is 27.7. The maximum Gasteiger partial charge on any atom is 0.336 e. The molecule has 1 saturated heterocycles. The largest absolute Gasteiger partial charge is 0.493 e. The van der Waals surface area contributed by atoms with Crippen molar-refractivity contribution in [1.29, 1.82) is 0 Å². The molecule has 39 heavy (non-hydrogen) atoms. The van der Waals surface area contributed by atoms with Crippen molar-refractivity contribution in [2.24, 2.45) is 0 Å². The van der Waals surface area contributed by atoms with E-state index in [0.29, 0.717) is 59.3 Å². The van der Waals surface area contributed by atoms with E-state index < -0.39 is 11.9 Å². The first kappa shape index (κ1) is 27.1. The van der Waals surface area contributed by atoms with Crippen LogP contribution in [0.25, 0.3) is 0 Å². The summed E-state index contributed by atoms with van der Waals surface area (Å²) in [6.45, 7) is 8.52. The molecule has 1 aromatic heterocycles. The van der Waals surface area contributed by atoms with E-state index in [1.165, 1.54) is 0 Å². The van der Waals surface area contributed by atoms with Crippen molar-refractivity contribution in [3.05, 3.63) is 70.0 Å². The minimum absolute atomic E-state index is 0.0173. The van der Waals surface area contributed by atoms with Crippen LogP contribution in [0.5, 0.6) is 11.5 Å². The molecule has 0 unspecified atom stereocenters. The summed E-state index contributed by atoms with van der Waals surface area (Å²) in [5.41, 5.74) is 3.45. The molecule has 3 atom stereocenters. The second-order valence-corrected chi connectivity index (χ2v) is 10.8. The predicted octanol–water partition coefficient (Wildman–Crippen LogP) is 5.47. The zero-order valence-corrected chi connectivity index (χ0v) is 23.3. The van der Waals surface area contributed by atoms with Crippen LogP contribution in [-0.2, 0) is 19.1 Å². The molecule has 1 aromatic carbocycles.